The van der Waals surface area contributed by atoms with Crippen molar-refractivity contribution in [3.8, 4) is 0 Å². The fourth-order valence-electron chi connectivity index (χ4n) is 3.44. The summed E-state index contributed by atoms with van der Waals surface area (Å²) in [5, 5.41) is 12.0. The lowest BCUT2D eigenvalue weighted by Gasteiger charge is -2.09. The molecule has 0 radical (unpaired) electrons. The van der Waals surface area contributed by atoms with E-state index in [0.29, 0.717) is 17.1 Å². The topological polar surface area (TPSA) is 68.2 Å². The number of aromatic nitrogens is 1. The third-order valence-corrected chi connectivity index (χ3v) is 4.91. The summed E-state index contributed by atoms with van der Waals surface area (Å²) in [6.45, 7) is 0.579. The largest absolute Gasteiger partial charge is 0.392 e. The van der Waals surface area contributed by atoms with Gasteiger partial charge in [-0.25, -0.2) is 0 Å². The van der Waals surface area contributed by atoms with Crippen molar-refractivity contribution in [2.24, 2.45) is 5.73 Å². The molecular weight excluding hydrogens is 348 g/mol. The molecule has 0 aliphatic heterocycles. The van der Waals surface area contributed by atoms with Crippen LogP contribution in [-0.2, 0) is 13.2 Å². The van der Waals surface area contributed by atoms with Gasteiger partial charge in [0.05, 0.1) is 12.1 Å². The number of primary amides is 1. The zero-order valence-corrected chi connectivity index (χ0v) is 14.7. The molecule has 1 aromatic heterocycles. The van der Waals surface area contributed by atoms with Crippen LogP contribution in [0.4, 0.5) is 0 Å². The molecule has 0 fully saturated rings. The Kier molecular flexibility index (Phi) is 4.15. The number of carbonyl (C=O) groups excluding carboxylic acids is 1. The van der Waals surface area contributed by atoms with E-state index < -0.39 is 5.91 Å². The van der Waals surface area contributed by atoms with Crippen molar-refractivity contribution in [3.05, 3.63) is 82.4 Å². The summed E-state index contributed by atoms with van der Waals surface area (Å²) in [5.41, 5.74) is 9.90. The van der Waals surface area contributed by atoms with Crippen LogP contribution in [0.3, 0.4) is 0 Å². The maximum Gasteiger partial charge on any atom is 0.249 e. The van der Waals surface area contributed by atoms with Crippen LogP contribution >= 0.6 is 11.6 Å². The first-order chi connectivity index (χ1) is 12.6. The SMILES string of the molecule is NC(=O)c1cccc2c1c1ccc(CO)cc1n2Cc1ccc(Cl)cc1. The summed E-state index contributed by atoms with van der Waals surface area (Å²) in [4.78, 5) is 11.9. The second kappa shape index (κ2) is 6.48. The first-order valence-corrected chi connectivity index (χ1v) is 8.65. The van der Waals surface area contributed by atoms with Gasteiger partial charge in [0.15, 0.2) is 0 Å². The molecule has 4 aromatic rings. The van der Waals surface area contributed by atoms with Crippen molar-refractivity contribution in [2.45, 2.75) is 13.2 Å². The predicted octanol–water partition coefficient (Wildman–Crippen LogP) is 4.09. The lowest BCUT2D eigenvalue weighted by molar-refractivity contribution is 0.100. The van der Waals surface area contributed by atoms with Crippen molar-refractivity contribution in [2.75, 3.05) is 0 Å². The van der Waals surface area contributed by atoms with Gasteiger partial charge in [0.2, 0.25) is 5.91 Å². The van der Waals surface area contributed by atoms with E-state index in [1.54, 1.807) is 6.07 Å². The Morgan fingerprint density at radius 1 is 1.00 bits per heavy atom. The fourth-order valence-corrected chi connectivity index (χ4v) is 3.56. The normalized spacial score (nSPS) is 11.3. The van der Waals surface area contributed by atoms with Crippen LogP contribution < -0.4 is 5.73 Å². The number of carbonyl (C=O) groups is 1. The minimum atomic E-state index is -0.452. The summed E-state index contributed by atoms with van der Waals surface area (Å²) in [7, 11) is 0. The molecule has 1 heterocycles. The van der Waals surface area contributed by atoms with Crippen LogP contribution in [-0.4, -0.2) is 15.6 Å². The molecule has 26 heavy (non-hydrogen) atoms. The summed E-state index contributed by atoms with van der Waals surface area (Å²) >= 11 is 5.99. The van der Waals surface area contributed by atoms with E-state index in [0.717, 1.165) is 32.9 Å². The zero-order valence-electron chi connectivity index (χ0n) is 13.9. The molecule has 5 heteroatoms. The van der Waals surface area contributed by atoms with Crippen molar-refractivity contribution in [3.63, 3.8) is 0 Å². The van der Waals surface area contributed by atoms with E-state index in [-0.39, 0.29) is 6.61 Å². The average molecular weight is 365 g/mol. The number of hydrogen-bond donors (Lipinski definition) is 2. The van der Waals surface area contributed by atoms with Crippen molar-refractivity contribution >= 4 is 39.3 Å². The first-order valence-electron chi connectivity index (χ1n) is 8.27. The van der Waals surface area contributed by atoms with Gasteiger partial charge in [-0.1, -0.05) is 41.9 Å². The first kappa shape index (κ1) is 16.6. The number of rotatable bonds is 4. The van der Waals surface area contributed by atoms with Crippen molar-refractivity contribution < 1.29 is 9.90 Å². The Bertz CT molecular complexity index is 1130. The van der Waals surface area contributed by atoms with Crippen LogP contribution in [0.15, 0.2) is 60.7 Å². The van der Waals surface area contributed by atoms with Gasteiger partial charge in [0.25, 0.3) is 0 Å². The molecule has 0 bridgehead atoms. The highest BCUT2D eigenvalue weighted by atomic mass is 35.5. The quantitative estimate of drug-likeness (QED) is 0.572. The van der Waals surface area contributed by atoms with Crippen molar-refractivity contribution in [1.82, 2.24) is 4.57 Å². The lowest BCUT2D eigenvalue weighted by Crippen LogP contribution is -2.11. The summed E-state index contributed by atoms with van der Waals surface area (Å²) in [5.74, 6) is -0.452. The summed E-state index contributed by atoms with van der Waals surface area (Å²) in [6.07, 6.45) is 0. The lowest BCUT2D eigenvalue weighted by atomic mass is 10.0. The van der Waals surface area contributed by atoms with E-state index in [9.17, 15) is 9.90 Å². The Balaban J connectivity index is 2.03. The molecule has 130 valence electrons. The molecule has 0 aliphatic carbocycles. The van der Waals surface area contributed by atoms with Crippen LogP contribution in [0.25, 0.3) is 21.8 Å². The maximum atomic E-state index is 11.9. The van der Waals surface area contributed by atoms with Crippen LogP contribution in [0.2, 0.25) is 5.02 Å². The second-order valence-electron chi connectivity index (χ2n) is 6.29. The molecule has 0 unspecified atom stereocenters. The average Bonchev–Trinajstić information content (AvgIpc) is 2.96. The number of aliphatic hydroxyl groups excluding tert-OH is 1. The number of hydrogen-bond acceptors (Lipinski definition) is 2. The summed E-state index contributed by atoms with van der Waals surface area (Å²) < 4.78 is 2.14. The molecule has 3 aromatic carbocycles. The predicted molar refractivity (Wildman–Crippen MR) is 104 cm³/mol. The molecule has 3 N–H and O–H groups in total. The molecular formula is C21H17ClN2O2. The molecule has 0 saturated heterocycles. The van der Waals surface area contributed by atoms with E-state index in [2.05, 4.69) is 4.57 Å². The van der Waals surface area contributed by atoms with Crippen molar-refractivity contribution in [1.29, 1.82) is 0 Å². The Morgan fingerprint density at radius 3 is 2.42 bits per heavy atom. The van der Waals surface area contributed by atoms with Gasteiger partial charge in [0, 0.05) is 33.4 Å². The maximum absolute atomic E-state index is 11.9. The Labute approximate surface area is 155 Å². The standard InChI is InChI=1S/C21H17ClN2O2/c22-15-7-4-13(5-8-15)11-24-18-3-1-2-17(21(23)26)20(18)16-9-6-14(12-25)10-19(16)24/h1-10,25H,11-12H2,(H2,23,26). The van der Waals surface area contributed by atoms with E-state index in [1.165, 1.54) is 0 Å². The fraction of sp³-hybridized carbons (Fsp3) is 0.0952. The monoisotopic (exact) mass is 364 g/mol. The number of halogens is 1. The molecule has 4 rings (SSSR count). The summed E-state index contributed by atoms with van der Waals surface area (Å²) in [6, 6.07) is 19.0. The molecule has 0 atom stereocenters. The number of fused-ring (bicyclic) bond motifs is 3. The Hall–Kier alpha value is -2.82. The van der Waals surface area contributed by atoms with Crippen LogP contribution in [0, 0.1) is 0 Å². The van der Waals surface area contributed by atoms with E-state index >= 15 is 0 Å². The Morgan fingerprint density at radius 2 is 1.73 bits per heavy atom. The van der Waals surface area contributed by atoms with Crippen LogP contribution in [0.5, 0.6) is 0 Å². The van der Waals surface area contributed by atoms with Gasteiger partial charge in [-0.15, -0.1) is 0 Å². The highest BCUT2D eigenvalue weighted by Crippen LogP contribution is 2.33. The van der Waals surface area contributed by atoms with E-state index in [1.807, 2.05) is 54.6 Å². The van der Waals surface area contributed by atoms with Crippen LogP contribution in [0.1, 0.15) is 21.5 Å². The third-order valence-electron chi connectivity index (χ3n) is 4.66. The molecule has 0 aliphatic rings. The van der Waals surface area contributed by atoms with Gasteiger partial charge in [-0.2, -0.15) is 0 Å². The van der Waals surface area contributed by atoms with Gasteiger partial charge in [-0.3, -0.25) is 4.79 Å². The number of benzene rings is 3. The molecule has 0 spiro atoms. The third kappa shape index (κ3) is 2.73. The zero-order chi connectivity index (χ0) is 18.3. The minimum absolute atomic E-state index is 0.0406. The number of amides is 1. The molecule has 0 saturated carbocycles. The second-order valence-corrected chi connectivity index (χ2v) is 6.72. The smallest absolute Gasteiger partial charge is 0.249 e. The number of nitrogens with two attached hydrogens (primary N) is 1. The van der Waals surface area contributed by atoms with Gasteiger partial charge in [-0.05, 0) is 41.5 Å². The molecule has 1 amide bonds. The van der Waals surface area contributed by atoms with Gasteiger partial charge >= 0.3 is 0 Å². The number of nitrogens with zero attached hydrogens (tertiary/aromatic N) is 1. The molecule has 4 nitrogen and oxygen atoms in total. The number of aliphatic hydroxyl groups is 1. The van der Waals surface area contributed by atoms with E-state index in [4.69, 9.17) is 17.3 Å². The minimum Gasteiger partial charge on any atom is -0.392 e. The highest BCUT2D eigenvalue weighted by Gasteiger charge is 2.16. The highest BCUT2D eigenvalue weighted by molar-refractivity contribution is 6.30. The van der Waals surface area contributed by atoms with Gasteiger partial charge in [0.1, 0.15) is 0 Å². The van der Waals surface area contributed by atoms with Gasteiger partial charge < -0.3 is 15.4 Å².